The lowest BCUT2D eigenvalue weighted by atomic mass is 10.0. The second-order valence-electron chi connectivity index (χ2n) is 5.20. The first-order valence-corrected chi connectivity index (χ1v) is 7.23. The molecule has 0 radical (unpaired) electrons. The van der Waals surface area contributed by atoms with Gasteiger partial charge in [-0.3, -0.25) is 0 Å². The Balaban J connectivity index is 1.44. The highest BCUT2D eigenvalue weighted by Gasteiger charge is 2.11. The van der Waals surface area contributed by atoms with Gasteiger partial charge in [-0.25, -0.2) is 0 Å². The lowest BCUT2D eigenvalue weighted by Gasteiger charge is -2.23. The van der Waals surface area contributed by atoms with Crippen molar-refractivity contribution in [3.05, 3.63) is 24.3 Å². The minimum Gasteiger partial charge on any atom is -0.465 e. The Hall–Kier alpha value is -1.55. The Kier molecular flexibility index (Phi) is 3.98. The molecule has 2 aromatic rings. The van der Waals surface area contributed by atoms with Crippen molar-refractivity contribution >= 4 is 11.0 Å². The summed E-state index contributed by atoms with van der Waals surface area (Å²) < 4.78 is 5.69. The summed E-state index contributed by atoms with van der Waals surface area (Å²) >= 11 is 0. The highest BCUT2D eigenvalue weighted by molar-refractivity contribution is 5.75. The molecular formula is C15H21N3O. The molecule has 4 heteroatoms. The SMILES string of the molecule is c1ccc2[nH]c(OCCCC3CCCCN3)nc2c1. The maximum absolute atomic E-state index is 5.69. The molecule has 1 unspecified atom stereocenters. The number of aromatic amines is 1. The predicted octanol–water partition coefficient (Wildman–Crippen LogP) is 2.86. The number of hydrogen-bond acceptors (Lipinski definition) is 3. The number of hydrogen-bond donors (Lipinski definition) is 2. The average Bonchev–Trinajstić information content (AvgIpc) is 2.87. The van der Waals surface area contributed by atoms with E-state index >= 15 is 0 Å². The third-order valence-electron chi connectivity index (χ3n) is 3.72. The highest BCUT2D eigenvalue weighted by atomic mass is 16.5. The number of para-hydroxylation sites is 2. The molecule has 1 saturated heterocycles. The quantitative estimate of drug-likeness (QED) is 0.812. The van der Waals surface area contributed by atoms with Crippen molar-refractivity contribution in [2.45, 2.75) is 38.1 Å². The van der Waals surface area contributed by atoms with Crippen LogP contribution in [0.4, 0.5) is 0 Å². The van der Waals surface area contributed by atoms with Crippen LogP contribution in [0.15, 0.2) is 24.3 Å². The van der Waals surface area contributed by atoms with Crippen LogP contribution in [0, 0.1) is 0 Å². The van der Waals surface area contributed by atoms with Crippen molar-refractivity contribution in [1.29, 1.82) is 0 Å². The topological polar surface area (TPSA) is 49.9 Å². The van der Waals surface area contributed by atoms with Gasteiger partial charge in [0.2, 0.25) is 0 Å². The van der Waals surface area contributed by atoms with E-state index in [4.69, 9.17) is 4.74 Å². The van der Waals surface area contributed by atoms with Crippen LogP contribution in [0.3, 0.4) is 0 Å². The largest absolute Gasteiger partial charge is 0.465 e. The summed E-state index contributed by atoms with van der Waals surface area (Å²) in [4.78, 5) is 7.59. The number of rotatable bonds is 5. The fraction of sp³-hybridized carbons (Fsp3) is 0.533. The van der Waals surface area contributed by atoms with Gasteiger partial charge in [-0.2, -0.15) is 4.98 Å². The van der Waals surface area contributed by atoms with Crippen molar-refractivity contribution in [2.24, 2.45) is 0 Å². The van der Waals surface area contributed by atoms with Crippen molar-refractivity contribution in [3.63, 3.8) is 0 Å². The molecule has 3 rings (SSSR count). The number of nitrogens with zero attached hydrogens (tertiary/aromatic N) is 1. The van der Waals surface area contributed by atoms with Gasteiger partial charge in [0.1, 0.15) is 0 Å². The van der Waals surface area contributed by atoms with Gasteiger partial charge in [0.25, 0.3) is 6.01 Å². The second-order valence-corrected chi connectivity index (χ2v) is 5.20. The lowest BCUT2D eigenvalue weighted by molar-refractivity contribution is 0.270. The third kappa shape index (κ3) is 3.26. The van der Waals surface area contributed by atoms with Crippen LogP contribution in [0.2, 0.25) is 0 Å². The van der Waals surface area contributed by atoms with Crippen LogP contribution in [0.1, 0.15) is 32.1 Å². The number of H-pyrrole nitrogens is 1. The third-order valence-corrected chi connectivity index (χ3v) is 3.72. The Morgan fingerprint density at radius 3 is 3.05 bits per heavy atom. The molecule has 1 aromatic carbocycles. The van der Waals surface area contributed by atoms with E-state index < -0.39 is 0 Å². The highest BCUT2D eigenvalue weighted by Crippen LogP contribution is 2.16. The summed E-state index contributed by atoms with van der Waals surface area (Å²) in [5.74, 6) is 0. The molecule has 2 N–H and O–H groups in total. The molecule has 102 valence electrons. The summed E-state index contributed by atoms with van der Waals surface area (Å²) in [7, 11) is 0. The first-order valence-electron chi connectivity index (χ1n) is 7.23. The van der Waals surface area contributed by atoms with Gasteiger partial charge in [-0.1, -0.05) is 18.6 Å². The van der Waals surface area contributed by atoms with Crippen LogP contribution >= 0.6 is 0 Å². The van der Waals surface area contributed by atoms with Crippen molar-refractivity contribution < 1.29 is 4.74 Å². The lowest BCUT2D eigenvalue weighted by Crippen LogP contribution is -2.34. The molecule has 1 atom stereocenters. The molecule has 0 saturated carbocycles. The molecular weight excluding hydrogens is 238 g/mol. The summed E-state index contributed by atoms with van der Waals surface area (Å²) in [6, 6.07) is 9.32. The van der Waals surface area contributed by atoms with E-state index in [2.05, 4.69) is 15.3 Å². The molecule has 1 aliphatic rings. The number of nitrogens with one attached hydrogen (secondary N) is 2. The normalized spacial score (nSPS) is 19.7. The van der Waals surface area contributed by atoms with Crippen LogP contribution in [-0.4, -0.2) is 29.2 Å². The molecule has 0 aliphatic carbocycles. The Morgan fingerprint density at radius 1 is 1.26 bits per heavy atom. The second kappa shape index (κ2) is 6.06. The Bertz CT molecular complexity index is 484. The zero-order valence-electron chi connectivity index (χ0n) is 11.2. The van der Waals surface area contributed by atoms with Gasteiger partial charge in [-0.15, -0.1) is 0 Å². The number of aromatic nitrogens is 2. The van der Waals surface area contributed by atoms with Gasteiger partial charge in [0.15, 0.2) is 0 Å². The van der Waals surface area contributed by atoms with Crippen LogP contribution in [0.25, 0.3) is 11.0 Å². The maximum atomic E-state index is 5.69. The average molecular weight is 259 g/mol. The Labute approximate surface area is 113 Å². The van der Waals surface area contributed by atoms with Crippen molar-refractivity contribution in [1.82, 2.24) is 15.3 Å². The first kappa shape index (κ1) is 12.5. The Morgan fingerprint density at radius 2 is 2.21 bits per heavy atom. The van der Waals surface area contributed by atoms with Crippen molar-refractivity contribution in [2.75, 3.05) is 13.2 Å². The zero-order valence-corrected chi connectivity index (χ0v) is 11.2. The van der Waals surface area contributed by atoms with Gasteiger partial charge < -0.3 is 15.0 Å². The number of benzene rings is 1. The summed E-state index contributed by atoms with van der Waals surface area (Å²) in [6.45, 7) is 1.91. The molecule has 1 fully saturated rings. The first-order chi connectivity index (χ1) is 9.42. The summed E-state index contributed by atoms with van der Waals surface area (Å²) in [5.41, 5.74) is 2.00. The molecule has 4 nitrogen and oxygen atoms in total. The van der Waals surface area contributed by atoms with E-state index in [1.165, 1.54) is 32.2 Å². The zero-order chi connectivity index (χ0) is 12.9. The van der Waals surface area contributed by atoms with E-state index in [1.54, 1.807) is 0 Å². The molecule has 19 heavy (non-hydrogen) atoms. The molecule has 0 bridgehead atoms. The maximum Gasteiger partial charge on any atom is 0.294 e. The van der Waals surface area contributed by atoms with E-state index in [0.717, 1.165) is 24.1 Å². The monoisotopic (exact) mass is 259 g/mol. The summed E-state index contributed by atoms with van der Waals surface area (Å²) in [5, 5.41) is 3.56. The van der Waals surface area contributed by atoms with E-state index in [1.807, 2.05) is 24.3 Å². The molecule has 1 aromatic heterocycles. The molecule has 0 spiro atoms. The fourth-order valence-electron chi connectivity index (χ4n) is 2.67. The van der Waals surface area contributed by atoms with E-state index in [-0.39, 0.29) is 0 Å². The minimum absolute atomic E-state index is 0.637. The number of piperidine rings is 1. The van der Waals surface area contributed by atoms with Gasteiger partial charge in [-0.05, 0) is 44.4 Å². The van der Waals surface area contributed by atoms with E-state index in [0.29, 0.717) is 12.1 Å². The van der Waals surface area contributed by atoms with Crippen LogP contribution in [0.5, 0.6) is 6.01 Å². The fourth-order valence-corrected chi connectivity index (χ4v) is 2.67. The summed E-state index contributed by atoms with van der Waals surface area (Å²) in [6.07, 6.45) is 6.27. The van der Waals surface area contributed by atoms with Crippen molar-refractivity contribution in [3.8, 4) is 6.01 Å². The van der Waals surface area contributed by atoms with Gasteiger partial charge in [0, 0.05) is 6.04 Å². The minimum atomic E-state index is 0.637. The van der Waals surface area contributed by atoms with E-state index in [9.17, 15) is 0 Å². The standard InChI is InChI=1S/C15H21N3O/c1-2-9-14-13(8-1)17-15(18-14)19-11-5-7-12-6-3-4-10-16-12/h1-2,8-9,12,16H,3-7,10-11H2,(H,17,18). The van der Waals surface area contributed by atoms with Gasteiger partial charge >= 0.3 is 0 Å². The number of imidazole rings is 1. The number of fused-ring (bicyclic) bond motifs is 1. The number of ether oxygens (including phenoxy) is 1. The van der Waals surface area contributed by atoms with Crippen LogP contribution < -0.4 is 10.1 Å². The smallest absolute Gasteiger partial charge is 0.294 e. The molecule has 0 amide bonds. The van der Waals surface area contributed by atoms with Crippen LogP contribution in [-0.2, 0) is 0 Å². The molecule has 1 aliphatic heterocycles. The van der Waals surface area contributed by atoms with Gasteiger partial charge in [0.05, 0.1) is 17.6 Å². The molecule has 2 heterocycles. The predicted molar refractivity (Wildman–Crippen MR) is 76.5 cm³/mol.